The summed E-state index contributed by atoms with van der Waals surface area (Å²) in [6.07, 6.45) is 1.63. The molecule has 3 heterocycles. The smallest absolute Gasteiger partial charge is 0.259 e. The number of hydrogen-bond donors (Lipinski definition) is 2. The fraction of sp³-hybridized carbons (Fsp3) is 0.133. The maximum atomic E-state index is 12.1. The number of nitrogens with one attached hydrogen (secondary N) is 2. The zero-order valence-corrected chi connectivity index (χ0v) is 12.5. The van der Waals surface area contributed by atoms with E-state index in [1.807, 2.05) is 31.4 Å². The second kappa shape index (κ2) is 5.14. The molecule has 3 aromatic rings. The van der Waals surface area contributed by atoms with E-state index in [1.165, 1.54) is 0 Å². The Kier molecular flexibility index (Phi) is 3.31. The Bertz CT molecular complexity index is 894. The average Bonchev–Trinajstić information content (AvgIpc) is 2.84. The molecule has 0 saturated heterocycles. The van der Waals surface area contributed by atoms with Crippen molar-refractivity contribution in [2.24, 2.45) is 0 Å². The lowest BCUT2D eigenvalue weighted by molar-refractivity contribution is 1.22. The number of fused-ring (bicyclic) bond motifs is 1. The van der Waals surface area contributed by atoms with Gasteiger partial charge in [0.1, 0.15) is 5.82 Å². The summed E-state index contributed by atoms with van der Waals surface area (Å²) in [6, 6.07) is 3.73. The summed E-state index contributed by atoms with van der Waals surface area (Å²) in [5.41, 5.74) is 2.09. The number of allylic oxidation sites excluding steroid dienone is 1. The second-order valence-corrected chi connectivity index (χ2v) is 5.85. The zero-order chi connectivity index (χ0) is 15.0. The lowest BCUT2D eigenvalue weighted by Gasteiger charge is -2.09. The zero-order valence-electron chi connectivity index (χ0n) is 11.7. The van der Waals surface area contributed by atoms with E-state index in [9.17, 15) is 4.79 Å². The Morgan fingerprint density at radius 1 is 1.38 bits per heavy atom. The number of aryl methyl sites for hydroxylation is 1. The molecule has 0 atom stereocenters. The van der Waals surface area contributed by atoms with Crippen LogP contribution in [0.25, 0.3) is 22.2 Å². The van der Waals surface area contributed by atoms with Gasteiger partial charge in [-0.05, 0) is 31.4 Å². The Balaban J connectivity index is 2.29. The molecule has 0 aliphatic rings. The third kappa shape index (κ3) is 2.57. The number of anilines is 1. The minimum absolute atomic E-state index is 0.176. The first kappa shape index (κ1) is 13.5. The van der Waals surface area contributed by atoms with Gasteiger partial charge in [-0.25, -0.2) is 9.97 Å². The molecular formula is C15H14N4OS. The first-order valence-corrected chi connectivity index (χ1v) is 7.30. The lowest BCUT2D eigenvalue weighted by atomic mass is 10.1. The molecule has 2 N–H and O–H groups in total. The van der Waals surface area contributed by atoms with Crippen LogP contribution in [0.2, 0.25) is 0 Å². The third-order valence-electron chi connectivity index (χ3n) is 2.97. The van der Waals surface area contributed by atoms with Crippen molar-refractivity contribution in [2.45, 2.75) is 13.8 Å². The van der Waals surface area contributed by atoms with Crippen molar-refractivity contribution in [3.05, 3.63) is 51.3 Å². The predicted octanol–water partition coefficient (Wildman–Crippen LogP) is 3.30. The van der Waals surface area contributed by atoms with Crippen LogP contribution in [0.3, 0.4) is 0 Å². The summed E-state index contributed by atoms with van der Waals surface area (Å²) >= 11 is 1.57. The number of thiazole rings is 1. The van der Waals surface area contributed by atoms with Crippen LogP contribution < -0.4 is 10.9 Å². The minimum atomic E-state index is -0.176. The van der Waals surface area contributed by atoms with Crippen molar-refractivity contribution >= 4 is 27.9 Å². The Morgan fingerprint density at radius 2 is 2.19 bits per heavy atom. The largest absolute Gasteiger partial charge is 0.344 e. The predicted molar refractivity (Wildman–Crippen MR) is 86.6 cm³/mol. The normalized spacial score (nSPS) is 10.8. The highest BCUT2D eigenvalue weighted by Crippen LogP contribution is 2.27. The summed E-state index contributed by atoms with van der Waals surface area (Å²) in [4.78, 5) is 23.7. The Labute approximate surface area is 125 Å². The number of aromatic nitrogens is 3. The average molecular weight is 298 g/mol. The summed E-state index contributed by atoms with van der Waals surface area (Å²) in [7, 11) is 0. The molecule has 0 fully saturated rings. The van der Waals surface area contributed by atoms with Crippen molar-refractivity contribution in [1.82, 2.24) is 15.0 Å². The number of hydrogen-bond acceptors (Lipinski definition) is 5. The van der Waals surface area contributed by atoms with Crippen LogP contribution in [0.1, 0.15) is 11.9 Å². The van der Waals surface area contributed by atoms with Gasteiger partial charge in [-0.1, -0.05) is 6.58 Å². The van der Waals surface area contributed by atoms with E-state index in [2.05, 4.69) is 26.8 Å². The van der Waals surface area contributed by atoms with Crippen LogP contribution in [-0.2, 0) is 0 Å². The molecule has 0 amide bonds. The van der Waals surface area contributed by atoms with Crippen LogP contribution in [0.4, 0.5) is 5.82 Å². The molecule has 21 heavy (non-hydrogen) atoms. The molecule has 0 saturated carbocycles. The highest BCUT2D eigenvalue weighted by molar-refractivity contribution is 7.09. The molecule has 0 aromatic carbocycles. The topological polar surface area (TPSA) is 70.7 Å². The number of pyridine rings is 2. The standard InChI is InChI=1S/C15H14N4OS/c1-8(2)17-14-13-10(4-5-16-15(13)20)6-11(19-14)12-7-21-9(3)18-12/h4-7H,1H2,2-3H3,(H,16,20)(H,17,19). The van der Waals surface area contributed by atoms with Crippen molar-refractivity contribution in [3.8, 4) is 11.4 Å². The van der Waals surface area contributed by atoms with Gasteiger partial charge in [0.05, 0.1) is 21.8 Å². The Hall–Kier alpha value is -2.47. The highest BCUT2D eigenvalue weighted by Gasteiger charge is 2.12. The van der Waals surface area contributed by atoms with E-state index in [4.69, 9.17) is 0 Å². The fourth-order valence-electron chi connectivity index (χ4n) is 2.12. The molecule has 3 aromatic heterocycles. The summed E-state index contributed by atoms with van der Waals surface area (Å²) in [5.74, 6) is 0.502. The molecule has 0 spiro atoms. The molecule has 0 radical (unpaired) electrons. The van der Waals surface area contributed by atoms with Gasteiger partial charge < -0.3 is 10.3 Å². The van der Waals surface area contributed by atoms with Gasteiger partial charge in [-0.15, -0.1) is 11.3 Å². The number of H-pyrrole nitrogens is 1. The van der Waals surface area contributed by atoms with Crippen molar-refractivity contribution in [3.63, 3.8) is 0 Å². The second-order valence-electron chi connectivity index (χ2n) is 4.78. The van der Waals surface area contributed by atoms with E-state index in [0.717, 1.165) is 27.5 Å². The van der Waals surface area contributed by atoms with Crippen LogP contribution in [0.15, 0.2) is 40.8 Å². The summed E-state index contributed by atoms with van der Waals surface area (Å²) in [5, 5.41) is 7.34. The highest BCUT2D eigenvalue weighted by atomic mass is 32.1. The Morgan fingerprint density at radius 3 is 2.86 bits per heavy atom. The van der Waals surface area contributed by atoms with E-state index in [-0.39, 0.29) is 5.56 Å². The van der Waals surface area contributed by atoms with Gasteiger partial charge in [0.15, 0.2) is 0 Å². The quantitative estimate of drug-likeness (QED) is 0.778. The van der Waals surface area contributed by atoms with Gasteiger partial charge in [0.2, 0.25) is 0 Å². The maximum absolute atomic E-state index is 12.1. The van der Waals surface area contributed by atoms with Crippen LogP contribution >= 0.6 is 11.3 Å². The van der Waals surface area contributed by atoms with E-state index in [1.54, 1.807) is 17.5 Å². The minimum Gasteiger partial charge on any atom is -0.344 e. The van der Waals surface area contributed by atoms with Crippen molar-refractivity contribution in [1.29, 1.82) is 0 Å². The van der Waals surface area contributed by atoms with Gasteiger partial charge in [-0.3, -0.25) is 4.79 Å². The van der Waals surface area contributed by atoms with Gasteiger partial charge in [-0.2, -0.15) is 0 Å². The third-order valence-corrected chi connectivity index (χ3v) is 3.74. The van der Waals surface area contributed by atoms with Crippen molar-refractivity contribution < 1.29 is 0 Å². The molecule has 0 bridgehead atoms. The first-order chi connectivity index (χ1) is 10.0. The molecular weight excluding hydrogens is 284 g/mol. The van der Waals surface area contributed by atoms with Crippen LogP contribution in [-0.4, -0.2) is 15.0 Å². The summed E-state index contributed by atoms with van der Waals surface area (Å²) < 4.78 is 0. The van der Waals surface area contributed by atoms with Crippen molar-refractivity contribution in [2.75, 3.05) is 5.32 Å². The lowest BCUT2D eigenvalue weighted by Crippen LogP contribution is -2.10. The maximum Gasteiger partial charge on any atom is 0.259 e. The number of rotatable bonds is 3. The van der Waals surface area contributed by atoms with Crippen LogP contribution in [0.5, 0.6) is 0 Å². The molecule has 5 nitrogen and oxygen atoms in total. The molecule has 6 heteroatoms. The molecule has 0 unspecified atom stereocenters. The van der Waals surface area contributed by atoms with Crippen LogP contribution in [0, 0.1) is 6.92 Å². The molecule has 106 valence electrons. The number of nitrogens with zero attached hydrogens (tertiary/aromatic N) is 2. The fourth-order valence-corrected chi connectivity index (χ4v) is 2.73. The number of aromatic amines is 1. The molecule has 3 rings (SSSR count). The van der Waals surface area contributed by atoms with E-state index < -0.39 is 0 Å². The van der Waals surface area contributed by atoms with E-state index >= 15 is 0 Å². The monoisotopic (exact) mass is 298 g/mol. The molecule has 0 aliphatic carbocycles. The van der Waals surface area contributed by atoms with Gasteiger partial charge in [0, 0.05) is 17.3 Å². The van der Waals surface area contributed by atoms with E-state index in [0.29, 0.717) is 11.2 Å². The summed E-state index contributed by atoms with van der Waals surface area (Å²) in [6.45, 7) is 7.59. The molecule has 0 aliphatic heterocycles. The first-order valence-electron chi connectivity index (χ1n) is 6.42. The van der Waals surface area contributed by atoms with Gasteiger partial charge in [0.25, 0.3) is 5.56 Å². The van der Waals surface area contributed by atoms with Gasteiger partial charge >= 0.3 is 0 Å². The SMILES string of the molecule is C=C(C)Nc1nc(-c2csc(C)n2)cc2cc[nH]c(=O)c12.